The maximum Gasteiger partial charge on any atom is 0.255 e. The number of carbonyl (C=O) groups is 1. The van der Waals surface area contributed by atoms with Gasteiger partial charge < -0.3 is 15.0 Å². The number of amides is 1. The van der Waals surface area contributed by atoms with E-state index in [0.717, 1.165) is 18.7 Å². The average molecular weight is 332 g/mol. The fourth-order valence-electron chi connectivity index (χ4n) is 2.53. The quantitative estimate of drug-likeness (QED) is 0.935. The Labute approximate surface area is 140 Å². The largest absolute Gasteiger partial charge is 0.378 e. The number of hydrogen-bond donors (Lipinski definition) is 1. The topological polar surface area (TPSA) is 54.5 Å². The number of halogens is 1. The Morgan fingerprint density at radius 3 is 2.87 bits per heavy atom. The van der Waals surface area contributed by atoms with Gasteiger partial charge in [-0.2, -0.15) is 0 Å². The number of carbonyl (C=O) groups excluding carboxylic acids is 1. The Morgan fingerprint density at radius 1 is 1.26 bits per heavy atom. The van der Waals surface area contributed by atoms with Gasteiger partial charge in [-0.1, -0.05) is 23.7 Å². The zero-order valence-electron chi connectivity index (χ0n) is 12.7. The van der Waals surface area contributed by atoms with Crippen molar-refractivity contribution in [1.29, 1.82) is 0 Å². The number of ether oxygens (including phenoxy) is 1. The summed E-state index contributed by atoms with van der Waals surface area (Å²) in [4.78, 5) is 19.0. The Balaban J connectivity index is 1.72. The van der Waals surface area contributed by atoms with E-state index in [4.69, 9.17) is 16.3 Å². The van der Waals surface area contributed by atoms with E-state index in [9.17, 15) is 4.79 Å². The molecule has 2 aromatic rings. The van der Waals surface area contributed by atoms with Crippen molar-refractivity contribution < 1.29 is 9.53 Å². The molecule has 1 aliphatic rings. The predicted molar refractivity (Wildman–Crippen MR) is 89.9 cm³/mol. The number of anilines is 1. The highest BCUT2D eigenvalue weighted by Gasteiger charge is 2.19. The number of morpholine rings is 1. The molecule has 1 saturated heterocycles. The number of rotatable bonds is 4. The van der Waals surface area contributed by atoms with Crippen LogP contribution in [0.4, 0.5) is 5.82 Å². The number of aromatic nitrogens is 1. The van der Waals surface area contributed by atoms with Gasteiger partial charge in [0.05, 0.1) is 18.8 Å². The molecule has 0 saturated carbocycles. The van der Waals surface area contributed by atoms with E-state index in [0.29, 0.717) is 36.2 Å². The number of hydrogen-bond acceptors (Lipinski definition) is 4. The minimum absolute atomic E-state index is 0.139. The second-order valence-electron chi connectivity index (χ2n) is 5.29. The van der Waals surface area contributed by atoms with E-state index in [1.165, 1.54) is 0 Å². The van der Waals surface area contributed by atoms with Crippen LogP contribution in [0, 0.1) is 0 Å². The van der Waals surface area contributed by atoms with Crippen LogP contribution in [0.5, 0.6) is 0 Å². The molecular formula is C17H18ClN3O2. The van der Waals surface area contributed by atoms with Crippen molar-refractivity contribution in [2.45, 2.75) is 6.54 Å². The van der Waals surface area contributed by atoms with Gasteiger partial charge in [0.25, 0.3) is 5.91 Å². The van der Waals surface area contributed by atoms with Gasteiger partial charge in [-0.15, -0.1) is 0 Å². The summed E-state index contributed by atoms with van der Waals surface area (Å²) in [7, 11) is 0. The van der Waals surface area contributed by atoms with Crippen LogP contribution in [0.3, 0.4) is 0 Å². The van der Waals surface area contributed by atoms with Crippen LogP contribution in [-0.2, 0) is 11.3 Å². The summed E-state index contributed by atoms with van der Waals surface area (Å²) >= 11 is 5.96. The summed E-state index contributed by atoms with van der Waals surface area (Å²) in [6.07, 6.45) is 1.71. The van der Waals surface area contributed by atoms with Crippen molar-refractivity contribution in [1.82, 2.24) is 10.3 Å². The number of pyridine rings is 1. The number of nitrogens with one attached hydrogen (secondary N) is 1. The Morgan fingerprint density at radius 2 is 2.09 bits per heavy atom. The summed E-state index contributed by atoms with van der Waals surface area (Å²) in [5, 5.41) is 3.59. The van der Waals surface area contributed by atoms with Crippen LogP contribution in [0.15, 0.2) is 42.6 Å². The molecule has 0 aliphatic carbocycles. The van der Waals surface area contributed by atoms with Crippen LogP contribution in [0.1, 0.15) is 15.9 Å². The Hall–Kier alpha value is -2.11. The van der Waals surface area contributed by atoms with Gasteiger partial charge >= 0.3 is 0 Å². The summed E-state index contributed by atoms with van der Waals surface area (Å²) in [5.41, 5.74) is 1.54. The molecule has 3 rings (SSSR count). The molecule has 0 bridgehead atoms. The molecule has 0 unspecified atom stereocenters. The van der Waals surface area contributed by atoms with Crippen molar-refractivity contribution in [3.63, 3.8) is 0 Å². The molecule has 1 fully saturated rings. The van der Waals surface area contributed by atoms with Crippen LogP contribution in [0.25, 0.3) is 0 Å². The lowest BCUT2D eigenvalue weighted by Gasteiger charge is -2.29. The highest BCUT2D eigenvalue weighted by Crippen LogP contribution is 2.18. The second-order valence-corrected chi connectivity index (χ2v) is 5.72. The third-order valence-electron chi connectivity index (χ3n) is 3.68. The highest BCUT2D eigenvalue weighted by molar-refractivity contribution is 6.30. The standard InChI is InChI=1S/C17H18ClN3O2/c18-14-4-1-3-13(11-14)12-20-17(22)15-5-2-6-19-16(15)21-7-9-23-10-8-21/h1-6,11H,7-10,12H2,(H,20,22). The molecule has 120 valence electrons. The van der Waals surface area contributed by atoms with Gasteiger partial charge in [0.15, 0.2) is 0 Å². The molecule has 1 amide bonds. The first-order chi connectivity index (χ1) is 11.2. The summed E-state index contributed by atoms with van der Waals surface area (Å²) in [6.45, 7) is 3.22. The zero-order chi connectivity index (χ0) is 16.1. The molecule has 2 heterocycles. The Bertz CT molecular complexity index is 687. The smallest absolute Gasteiger partial charge is 0.255 e. The molecule has 5 nitrogen and oxygen atoms in total. The van der Waals surface area contributed by atoms with Crippen molar-refractivity contribution in [3.8, 4) is 0 Å². The normalized spacial score (nSPS) is 14.6. The van der Waals surface area contributed by atoms with Crippen LogP contribution < -0.4 is 10.2 Å². The monoisotopic (exact) mass is 331 g/mol. The van der Waals surface area contributed by atoms with Crippen LogP contribution >= 0.6 is 11.6 Å². The maximum atomic E-state index is 12.5. The molecule has 1 aromatic heterocycles. The van der Waals surface area contributed by atoms with Crippen molar-refractivity contribution in [2.24, 2.45) is 0 Å². The van der Waals surface area contributed by atoms with E-state index in [1.54, 1.807) is 18.3 Å². The van der Waals surface area contributed by atoms with E-state index in [-0.39, 0.29) is 5.91 Å². The molecule has 6 heteroatoms. The number of nitrogens with zero attached hydrogens (tertiary/aromatic N) is 2. The third kappa shape index (κ3) is 4.00. The van der Waals surface area contributed by atoms with Gasteiger partial charge in [-0.25, -0.2) is 4.98 Å². The van der Waals surface area contributed by atoms with E-state index in [1.807, 2.05) is 24.3 Å². The zero-order valence-corrected chi connectivity index (χ0v) is 13.4. The summed E-state index contributed by atoms with van der Waals surface area (Å²) < 4.78 is 5.36. The summed E-state index contributed by atoms with van der Waals surface area (Å²) in [5.74, 6) is 0.568. The van der Waals surface area contributed by atoms with E-state index in [2.05, 4.69) is 15.2 Å². The SMILES string of the molecule is O=C(NCc1cccc(Cl)c1)c1cccnc1N1CCOCC1. The minimum Gasteiger partial charge on any atom is -0.378 e. The number of benzene rings is 1. The first-order valence-electron chi connectivity index (χ1n) is 7.54. The molecule has 1 aromatic carbocycles. The van der Waals surface area contributed by atoms with E-state index >= 15 is 0 Å². The fourth-order valence-corrected chi connectivity index (χ4v) is 2.74. The van der Waals surface area contributed by atoms with Gasteiger partial charge in [0.2, 0.25) is 0 Å². The van der Waals surface area contributed by atoms with Crippen LogP contribution in [-0.4, -0.2) is 37.2 Å². The minimum atomic E-state index is -0.139. The lowest BCUT2D eigenvalue weighted by Crippen LogP contribution is -2.38. The molecule has 1 N–H and O–H groups in total. The van der Waals surface area contributed by atoms with Crippen molar-refractivity contribution >= 4 is 23.3 Å². The third-order valence-corrected chi connectivity index (χ3v) is 3.92. The van der Waals surface area contributed by atoms with Crippen molar-refractivity contribution in [2.75, 3.05) is 31.2 Å². The molecule has 0 spiro atoms. The van der Waals surface area contributed by atoms with Gasteiger partial charge in [0.1, 0.15) is 5.82 Å². The molecular weight excluding hydrogens is 314 g/mol. The fraction of sp³-hybridized carbons (Fsp3) is 0.294. The lowest BCUT2D eigenvalue weighted by molar-refractivity contribution is 0.0949. The molecule has 0 radical (unpaired) electrons. The predicted octanol–water partition coefficient (Wildman–Crippen LogP) is 2.50. The van der Waals surface area contributed by atoms with E-state index < -0.39 is 0 Å². The Kier molecular flexibility index (Phi) is 5.10. The molecule has 0 atom stereocenters. The van der Waals surface area contributed by atoms with Crippen LogP contribution in [0.2, 0.25) is 5.02 Å². The van der Waals surface area contributed by atoms with Gasteiger partial charge in [-0.05, 0) is 29.8 Å². The second kappa shape index (κ2) is 7.44. The molecule has 23 heavy (non-hydrogen) atoms. The first-order valence-corrected chi connectivity index (χ1v) is 7.92. The molecule has 1 aliphatic heterocycles. The highest BCUT2D eigenvalue weighted by atomic mass is 35.5. The first kappa shape index (κ1) is 15.8. The van der Waals surface area contributed by atoms with Gasteiger partial charge in [0, 0.05) is 30.9 Å². The summed E-state index contributed by atoms with van der Waals surface area (Å²) in [6, 6.07) is 11.0. The maximum absolute atomic E-state index is 12.5. The van der Waals surface area contributed by atoms with Crippen molar-refractivity contribution in [3.05, 3.63) is 58.7 Å². The lowest BCUT2D eigenvalue weighted by atomic mass is 10.2. The average Bonchev–Trinajstić information content (AvgIpc) is 2.60. The van der Waals surface area contributed by atoms with Gasteiger partial charge in [-0.3, -0.25) is 4.79 Å².